The molecule has 0 radical (unpaired) electrons. The number of carboxylic acid groups (broad SMARTS) is 1. The van der Waals surface area contributed by atoms with Crippen molar-refractivity contribution in [3.8, 4) is 0 Å². The summed E-state index contributed by atoms with van der Waals surface area (Å²) < 4.78 is 35.2. The summed E-state index contributed by atoms with van der Waals surface area (Å²) in [6.07, 6.45) is -5.02. The van der Waals surface area contributed by atoms with Gasteiger partial charge in [-0.25, -0.2) is 4.84 Å². The van der Waals surface area contributed by atoms with E-state index in [2.05, 4.69) is 4.84 Å². The van der Waals surface area contributed by atoms with Gasteiger partial charge in [0, 0.05) is 6.42 Å². The molecule has 1 unspecified atom stereocenters. The van der Waals surface area contributed by atoms with E-state index in [1.54, 1.807) is 30.3 Å². The summed E-state index contributed by atoms with van der Waals surface area (Å²) in [7, 11) is 0. The van der Waals surface area contributed by atoms with Gasteiger partial charge < -0.3 is 5.11 Å². The molecule has 1 aromatic carbocycles. The number of hydrogen-bond donors (Lipinski definition) is 2. The highest BCUT2D eigenvalue weighted by Crippen LogP contribution is 2.15. The number of nitrogens with one attached hydrogen (secondary N) is 1. The maximum absolute atomic E-state index is 11.7. The van der Waals surface area contributed by atoms with Gasteiger partial charge in [-0.1, -0.05) is 30.3 Å². The van der Waals surface area contributed by atoms with Crippen molar-refractivity contribution in [2.24, 2.45) is 0 Å². The monoisotopic (exact) mass is 249 g/mol. The van der Waals surface area contributed by atoms with Crippen molar-refractivity contribution in [3.63, 3.8) is 0 Å². The molecule has 0 fully saturated rings. The number of alkyl halides is 3. The maximum atomic E-state index is 11.7. The van der Waals surface area contributed by atoms with E-state index < -0.39 is 18.4 Å². The Balaban J connectivity index is 2.59. The van der Waals surface area contributed by atoms with E-state index >= 15 is 0 Å². The minimum absolute atomic E-state index is 0.105. The molecule has 0 heterocycles. The Labute approximate surface area is 95.0 Å². The molecule has 1 aromatic rings. The Morgan fingerprint density at radius 2 is 1.94 bits per heavy atom. The second kappa shape index (κ2) is 5.65. The minimum atomic E-state index is -4.91. The molecule has 0 aliphatic heterocycles. The molecular weight excluding hydrogens is 239 g/mol. The number of halogens is 3. The van der Waals surface area contributed by atoms with Crippen LogP contribution in [0.25, 0.3) is 0 Å². The first-order valence-electron chi connectivity index (χ1n) is 4.65. The van der Waals surface area contributed by atoms with E-state index in [0.29, 0.717) is 5.56 Å². The van der Waals surface area contributed by atoms with E-state index in [9.17, 15) is 18.0 Å². The van der Waals surface area contributed by atoms with Gasteiger partial charge in [0.25, 0.3) is 0 Å². The van der Waals surface area contributed by atoms with Crippen LogP contribution in [0.2, 0.25) is 0 Å². The van der Waals surface area contributed by atoms with E-state index in [1.807, 2.05) is 0 Å². The highest BCUT2D eigenvalue weighted by Gasteiger charge is 2.32. The molecule has 1 rings (SSSR count). The minimum Gasteiger partial charge on any atom is -0.480 e. The van der Waals surface area contributed by atoms with Crippen LogP contribution in [0.15, 0.2) is 30.3 Å². The fourth-order valence-electron chi connectivity index (χ4n) is 1.17. The topological polar surface area (TPSA) is 58.6 Å². The third-order valence-corrected chi connectivity index (χ3v) is 1.90. The Morgan fingerprint density at radius 1 is 1.35 bits per heavy atom. The van der Waals surface area contributed by atoms with Crippen molar-refractivity contribution >= 4 is 5.97 Å². The molecule has 0 bridgehead atoms. The summed E-state index contributed by atoms with van der Waals surface area (Å²) in [6, 6.07) is 6.83. The zero-order valence-electron chi connectivity index (χ0n) is 8.57. The normalized spacial score (nSPS) is 13.4. The van der Waals surface area contributed by atoms with Crippen LogP contribution in [0.5, 0.6) is 0 Å². The molecule has 0 aliphatic carbocycles. The fourth-order valence-corrected chi connectivity index (χ4v) is 1.17. The first-order chi connectivity index (χ1) is 7.88. The lowest BCUT2D eigenvalue weighted by Gasteiger charge is -2.15. The van der Waals surface area contributed by atoms with Crippen LogP contribution in [-0.2, 0) is 16.1 Å². The first kappa shape index (κ1) is 13.5. The molecule has 4 nitrogen and oxygen atoms in total. The summed E-state index contributed by atoms with van der Waals surface area (Å²) in [4.78, 5) is 14.0. The second-order valence-electron chi connectivity index (χ2n) is 3.25. The average molecular weight is 249 g/mol. The summed E-state index contributed by atoms with van der Waals surface area (Å²) >= 11 is 0. The zero-order chi connectivity index (χ0) is 12.9. The van der Waals surface area contributed by atoms with Gasteiger partial charge in [-0.15, -0.1) is 13.2 Å². The van der Waals surface area contributed by atoms with Gasteiger partial charge in [0.1, 0.15) is 6.04 Å². The molecule has 0 amide bonds. The smallest absolute Gasteiger partial charge is 0.480 e. The number of benzene rings is 1. The largest absolute Gasteiger partial charge is 0.538 e. The third-order valence-electron chi connectivity index (χ3n) is 1.90. The van der Waals surface area contributed by atoms with Crippen molar-refractivity contribution in [2.75, 3.05) is 0 Å². The van der Waals surface area contributed by atoms with Gasteiger partial charge >= 0.3 is 12.3 Å². The average Bonchev–Trinajstić information content (AvgIpc) is 2.24. The van der Waals surface area contributed by atoms with E-state index in [1.165, 1.54) is 5.48 Å². The fraction of sp³-hybridized carbons (Fsp3) is 0.300. The Hall–Kier alpha value is -1.60. The molecular formula is C10H10F3NO3. The Morgan fingerprint density at radius 3 is 2.41 bits per heavy atom. The van der Waals surface area contributed by atoms with Crippen LogP contribution in [-0.4, -0.2) is 23.5 Å². The molecule has 0 spiro atoms. The summed E-state index contributed by atoms with van der Waals surface area (Å²) in [5.41, 5.74) is 2.08. The number of hydroxylamine groups is 1. The number of hydrogen-bond acceptors (Lipinski definition) is 3. The van der Waals surface area contributed by atoms with Crippen molar-refractivity contribution in [3.05, 3.63) is 35.9 Å². The zero-order valence-corrected chi connectivity index (χ0v) is 8.57. The summed E-state index contributed by atoms with van der Waals surface area (Å²) in [5.74, 6) is -1.42. The molecule has 0 saturated heterocycles. The number of carboxylic acids is 1. The number of rotatable bonds is 5. The predicted molar refractivity (Wildman–Crippen MR) is 51.8 cm³/mol. The van der Waals surface area contributed by atoms with E-state index in [-0.39, 0.29) is 6.42 Å². The Bertz CT molecular complexity index is 367. The van der Waals surface area contributed by atoms with Crippen LogP contribution in [0.1, 0.15) is 5.56 Å². The molecule has 17 heavy (non-hydrogen) atoms. The SMILES string of the molecule is O=C(O)C(Cc1ccccc1)NOC(F)(F)F. The number of carbonyl (C=O) groups is 1. The lowest BCUT2D eigenvalue weighted by molar-refractivity contribution is -0.353. The molecule has 7 heteroatoms. The Kier molecular flexibility index (Phi) is 4.47. The van der Waals surface area contributed by atoms with Gasteiger partial charge in [0.15, 0.2) is 0 Å². The lowest BCUT2D eigenvalue weighted by Crippen LogP contribution is -2.41. The van der Waals surface area contributed by atoms with Crippen LogP contribution >= 0.6 is 0 Å². The lowest BCUT2D eigenvalue weighted by atomic mass is 10.1. The summed E-state index contributed by atoms with van der Waals surface area (Å²) in [5, 5.41) is 8.72. The molecule has 2 N–H and O–H groups in total. The number of aliphatic carboxylic acids is 1. The van der Waals surface area contributed by atoms with Crippen LogP contribution in [0.3, 0.4) is 0 Å². The van der Waals surface area contributed by atoms with Gasteiger partial charge in [-0.2, -0.15) is 5.48 Å². The van der Waals surface area contributed by atoms with Gasteiger partial charge in [-0.3, -0.25) is 4.79 Å². The van der Waals surface area contributed by atoms with Crippen molar-refractivity contribution in [2.45, 2.75) is 18.8 Å². The molecule has 0 aromatic heterocycles. The standard InChI is InChI=1S/C10H10F3NO3/c11-10(12,13)17-14-8(9(15)16)6-7-4-2-1-3-5-7/h1-5,8,14H,6H2,(H,15,16). The quantitative estimate of drug-likeness (QED) is 0.780. The second-order valence-corrected chi connectivity index (χ2v) is 3.25. The molecule has 0 saturated carbocycles. The molecule has 94 valence electrons. The highest BCUT2D eigenvalue weighted by molar-refractivity contribution is 5.73. The third kappa shape index (κ3) is 5.32. The van der Waals surface area contributed by atoms with Crippen molar-refractivity contribution < 1.29 is 27.9 Å². The predicted octanol–water partition coefficient (Wildman–Crippen LogP) is 1.72. The maximum Gasteiger partial charge on any atom is 0.538 e. The van der Waals surface area contributed by atoms with E-state index in [0.717, 1.165) is 0 Å². The van der Waals surface area contributed by atoms with E-state index in [4.69, 9.17) is 5.11 Å². The summed E-state index contributed by atoms with van der Waals surface area (Å²) in [6.45, 7) is 0. The van der Waals surface area contributed by atoms with Crippen molar-refractivity contribution in [1.29, 1.82) is 0 Å². The van der Waals surface area contributed by atoms with Gasteiger partial charge in [0.2, 0.25) is 0 Å². The van der Waals surface area contributed by atoms with Crippen LogP contribution < -0.4 is 5.48 Å². The molecule has 0 aliphatic rings. The van der Waals surface area contributed by atoms with Gasteiger partial charge in [-0.05, 0) is 5.56 Å². The van der Waals surface area contributed by atoms with Crippen LogP contribution in [0.4, 0.5) is 13.2 Å². The van der Waals surface area contributed by atoms with Crippen molar-refractivity contribution in [1.82, 2.24) is 5.48 Å². The van der Waals surface area contributed by atoms with Gasteiger partial charge in [0.05, 0.1) is 0 Å². The molecule has 1 atom stereocenters. The first-order valence-corrected chi connectivity index (χ1v) is 4.65. The highest BCUT2D eigenvalue weighted by atomic mass is 19.4. The van der Waals surface area contributed by atoms with Crippen LogP contribution in [0, 0.1) is 0 Å².